The van der Waals surface area contributed by atoms with Crippen molar-refractivity contribution >= 4 is 5.91 Å². The van der Waals surface area contributed by atoms with Gasteiger partial charge in [0.15, 0.2) is 0 Å². The van der Waals surface area contributed by atoms with Gasteiger partial charge in [-0.3, -0.25) is 14.7 Å². The number of piperidine rings is 1. The van der Waals surface area contributed by atoms with Gasteiger partial charge in [0.2, 0.25) is 0 Å². The number of nitrogens with one attached hydrogen (secondary N) is 1. The third-order valence-electron chi connectivity index (χ3n) is 3.48. The Morgan fingerprint density at radius 2 is 2.38 bits per heavy atom. The summed E-state index contributed by atoms with van der Waals surface area (Å²) in [5.74, 6) is 5.86. The molecule has 1 aromatic rings. The summed E-state index contributed by atoms with van der Waals surface area (Å²) in [5.41, 5.74) is 0.376. The number of rotatable bonds is 3. The van der Waals surface area contributed by atoms with Gasteiger partial charge in [-0.05, 0) is 18.6 Å². The number of amides is 1. The molecule has 0 unspecified atom stereocenters. The van der Waals surface area contributed by atoms with E-state index in [4.69, 9.17) is 0 Å². The summed E-state index contributed by atoms with van der Waals surface area (Å²) < 4.78 is 0. The highest BCUT2D eigenvalue weighted by atomic mass is 16.3. The first kappa shape index (κ1) is 15.5. The molecular formula is C16H21N3O2. The molecule has 2 N–H and O–H groups in total. The number of pyridine rings is 1. The van der Waals surface area contributed by atoms with Crippen molar-refractivity contribution in [1.29, 1.82) is 0 Å². The van der Waals surface area contributed by atoms with Crippen molar-refractivity contribution in [2.45, 2.75) is 31.9 Å². The van der Waals surface area contributed by atoms with Crippen molar-refractivity contribution in [3.05, 3.63) is 30.1 Å². The number of aliphatic hydroxyl groups excluding tert-OH is 1. The fourth-order valence-corrected chi connectivity index (χ4v) is 2.34. The molecule has 5 heteroatoms. The molecule has 0 aliphatic carbocycles. The lowest BCUT2D eigenvalue weighted by Crippen LogP contribution is -2.54. The number of aromatic nitrogens is 1. The fourth-order valence-electron chi connectivity index (χ4n) is 2.34. The van der Waals surface area contributed by atoms with Crippen molar-refractivity contribution in [2.24, 2.45) is 0 Å². The van der Waals surface area contributed by atoms with Crippen molar-refractivity contribution < 1.29 is 9.90 Å². The smallest absolute Gasteiger partial charge is 0.270 e. The topological polar surface area (TPSA) is 65.5 Å². The van der Waals surface area contributed by atoms with Crippen molar-refractivity contribution in [2.75, 3.05) is 19.6 Å². The lowest BCUT2D eigenvalue weighted by Gasteiger charge is -2.35. The molecular weight excluding hydrogens is 266 g/mol. The summed E-state index contributed by atoms with van der Waals surface area (Å²) in [6.45, 7) is 4.04. The van der Waals surface area contributed by atoms with Crippen LogP contribution in [-0.2, 0) is 0 Å². The van der Waals surface area contributed by atoms with Gasteiger partial charge in [0.25, 0.3) is 5.91 Å². The maximum atomic E-state index is 12.0. The molecule has 1 aliphatic heterocycles. The predicted octanol–water partition coefficient (Wildman–Crippen LogP) is 0.660. The number of carbonyl (C=O) groups excluding carboxylic acids is 1. The number of carbonyl (C=O) groups is 1. The van der Waals surface area contributed by atoms with Gasteiger partial charge >= 0.3 is 0 Å². The zero-order valence-electron chi connectivity index (χ0n) is 12.2. The maximum absolute atomic E-state index is 12.0. The second-order valence-electron chi connectivity index (χ2n) is 5.09. The molecule has 1 aromatic heterocycles. The van der Waals surface area contributed by atoms with E-state index in [0.29, 0.717) is 25.2 Å². The van der Waals surface area contributed by atoms with Crippen molar-refractivity contribution in [3.8, 4) is 11.8 Å². The average Bonchev–Trinajstić information content (AvgIpc) is 2.51. The van der Waals surface area contributed by atoms with Gasteiger partial charge in [-0.2, -0.15) is 0 Å². The Balaban J connectivity index is 1.85. The van der Waals surface area contributed by atoms with Crippen LogP contribution in [0, 0.1) is 11.8 Å². The molecule has 2 heterocycles. The summed E-state index contributed by atoms with van der Waals surface area (Å²) in [4.78, 5) is 18.1. The Kier molecular flexibility index (Phi) is 5.73. The first-order valence-corrected chi connectivity index (χ1v) is 7.28. The molecule has 1 fully saturated rings. The quantitative estimate of drug-likeness (QED) is 0.802. The molecule has 1 amide bonds. The monoisotopic (exact) mass is 287 g/mol. The molecule has 21 heavy (non-hydrogen) atoms. The number of β-amino-alcohol motifs (C(OH)–C–C–N with tert-alkyl or cyclic N) is 1. The van der Waals surface area contributed by atoms with Gasteiger partial charge in [-0.1, -0.05) is 18.9 Å². The molecule has 2 rings (SSSR count). The van der Waals surface area contributed by atoms with Crippen LogP contribution >= 0.6 is 0 Å². The van der Waals surface area contributed by atoms with Crippen LogP contribution in [-0.4, -0.2) is 52.7 Å². The van der Waals surface area contributed by atoms with E-state index in [9.17, 15) is 9.90 Å². The Morgan fingerprint density at radius 3 is 3.05 bits per heavy atom. The van der Waals surface area contributed by atoms with Gasteiger partial charge in [0, 0.05) is 25.7 Å². The Labute approximate surface area is 125 Å². The first-order valence-electron chi connectivity index (χ1n) is 7.28. The number of likely N-dealkylation sites (tertiary alicyclic amines) is 1. The largest absolute Gasteiger partial charge is 0.390 e. The third-order valence-corrected chi connectivity index (χ3v) is 3.48. The average molecular weight is 287 g/mol. The van der Waals surface area contributed by atoms with E-state index >= 15 is 0 Å². The van der Waals surface area contributed by atoms with Gasteiger partial charge in [-0.25, -0.2) is 0 Å². The third kappa shape index (κ3) is 4.55. The Bertz CT molecular complexity index is 521. The molecule has 0 spiro atoms. The minimum Gasteiger partial charge on any atom is -0.390 e. The number of hydrogen-bond donors (Lipinski definition) is 2. The minimum absolute atomic E-state index is 0.227. The first-order chi connectivity index (χ1) is 10.2. The van der Waals surface area contributed by atoms with E-state index in [1.807, 2.05) is 6.92 Å². The van der Waals surface area contributed by atoms with Gasteiger partial charge < -0.3 is 10.4 Å². The normalized spacial score (nSPS) is 22.2. The van der Waals surface area contributed by atoms with Gasteiger partial charge in [0.1, 0.15) is 5.69 Å². The minimum atomic E-state index is -0.574. The Morgan fingerprint density at radius 1 is 1.52 bits per heavy atom. The summed E-state index contributed by atoms with van der Waals surface area (Å²) in [6.07, 6.45) is 2.57. The van der Waals surface area contributed by atoms with E-state index < -0.39 is 6.10 Å². The predicted molar refractivity (Wildman–Crippen MR) is 80.6 cm³/mol. The molecule has 5 nitrogen and oxygen atoms in total. The zero-order valence-corrected chi connectivity index (χ0v) is 12.2. The fraction of sp³-hybridized carbons (Fsp3) is 0.500. The van der Waals surface area contributed by atoms with Crippen LogP contribution in [0.1, 0.15) is 30.3 Å². The summed E-state index contributed by atoms with van der Waals surface area (Å²) in [7, 11) is 0. The molecule has 0 radical (unpaired) electrons. The highest BCUT2D eigenvalue weighted by Crippen LogP contribution is 2.11. The van der Waals surface area contributed by atoms with Crippen LogP contribution in [0.3, 0.4) is 0 Å². The van der Waals surface area contributed by atoms with Crippen LogP contribution in [0.5, 0.6) is 0 Å². The van der Waals surface area contributed by atoms with Crippen molar-refractivity contribution in [1.82, 2.24) is 15.2 Å². The summed E-state index contributed by atoms with van der Waals surface area (Å²) in [5, 5.41) is 13.0. The number of nitrogens with zero attached hydrogens (tertiary/aromatic N) is 2. The lowest BCUT2D eigenvalue weighted by molar-refractivity contribution is 0.0427. The molecule has 112 valence electrons. The van der Waals surface area contributed by atoms with E-state index in [1.54, 1.807) is 24.4 Å². The van der Waals surface area contributed by atoms with E-state index in [0.717, 1.165) is 13.0 Å². The molecule has 0 aromatic carbocycles. The number of hydrogen-bond acceptors (Lipinski definition) is 4. The van der Waals surface area contributed by atoms with Crippen LogP contribution in [0.15, 0.2) is 24.4 Å². The highest BCUT2D eigenvalue weighted by Gasteiger charge is 2.28. The molecule has 1 aliphatic rings. The summed E-state index contributed by atoms with van der Waals surface area (Å²) in [6, 6.07) is 4.97. The second kappa shape index (κ2) is 7.77. The van der Waals surface area contributed by atoms with Crippen LogP contribution in [0.4, 0.5) is 0 Å². The van der Waals surface area contributed by atoms with Gasteiger partial charge in [0.05, 0.1) is 18.7 Å². The molecule has 1 saturated heterocycles. The maximum Gasteiger partial charge on any atom is 0.270 e. The van der Waals surface area contributed by atoms with Crippen LogP contribution < -0.4 is 5.32 Å². The van der Waals surface area contributed by atoms with Crippen LogP contribution in [0.2, 0.25) is 0 Å². The Hall–Kier alpha value is -1.90. The summed E-state index contributed by atoms with van der Waals surface area (Å²) >= 11 is 0. The van der Waals surface area contributed by atoms with E-state index in [1.165, 1.54) is 0 Å². The SMILES string of the molecule is CCC#CCN1CC[C@@H](NC(=O)c2ccccn2)[C@H](O)C1. The zero-order chi connectivity index (χ0) is 15.1. The van der Waals surface area contributed by atoms with Gasteiger partial charge in [-0.15, -0.1) is 5.92 Å². The molecule has 0 saturated carbocycles. The lowest BCUT2D eigenvalue weighted by atomic mass is 10.0. The molecule has 0 bridgehead atoms. The molecule has 2 atom stereocenters. The van der Waals surface area contributed by atoms with Crippen molar-refractivity contribution in [3.63, 3.8) is 0 Å². The highest BCUT2D eigenvalue weighted by molar-refractivity contribution is 5.92. The second-order valence-corrected chi connectivity index (χ2v) is 5.09. The van der Waals surface area contributed by atoms with E-state index in [2.05, 4.69) is 27.0 Å². The van der Waals surface area contributed by atoms with Crippen LogP contribution in [0.25, 0.3) is 0 Å². The number of aliphatic hydroxyl groups is 1. The standard InChI is InChI=1S/C16H21N3O2/c1-2-3-6-10-19-11-8-13(15(20)12-19)18-16(21)14-7-4-5-9-17-14/h4-5,7,9,13,15,20H,2,8,10-12H2,1H3,(H,18,21)/t13-,15-/m1/s1. The van der Waals surface area contributed by atoms with E-state index in [-0.39, 0.29) is 11.9 Å².